The second-order valence-electron chi connectivity index (χ2n) is 7.91. The third-order valence-electron chi connectivity index (χ3n) is 6.03. The number of rotatable bonds is 5. The summed E-state index contributed by atoms with van der Waals surface area (Å²) in [6, 6.07) is 7.36. The summed E-state index contributed by atoms with van der Waals surface area (Å²) < 4.78 is 35.7. The molecular weight excluding hydrogens is 436 g/mol. The molecule has 2 aliphatic rings. The van der Waals surface area contributed by atoms with Gasteiger partial charge in [-0.2, -0.15) is 9.40 Å². The number of piperazine rings is 1. The molecule has 0 atom stereocenters. The van der Waals surface area contributed by atoms with Crippen molar-refractivity contribution >= 4 is 27.3 Å². The highest BCUT2D eigenvalue weighted by atomic mass is 32.2. The summed E-state index contributed by atoms with van der Waals surface area (Å²) in [5, 5.41) is 6.65. The second kappa shape index (κ2) is 8.25. The first kappa shape index (κ1) is 20.5. The average Bonchev–Trinajstić information content (AvgIpc) is 3.59. The zero-order valence-corrected chi connectivity index (χ0v) is 18.6. The van der Waals surface area contributed by atoms with Gasteiger partial charge in [-0.1, -0.05) is 18.9 Å². The molecule has 3 aromatic heterocycles. The molecule has 1 amide bonds. The molecule has 1 aliphatic carbocycles. The van der Waals surface area contributed by atoms with Gasteiger partial charge in [0, 0.05) is 32.4 Å². The predicted octanol–water partition coefficient (Wildman–Crippen LogP) is 3.47. The van der Waals surface area contributed by atoms with Crippen molar-refractivity contribution in [2.75, 3.05) is 26.2 Å². The van der Waals surface area contributed by atoms with Crippen LogP contribution in [-0.4, -0.2) is 59.5 Å². The summed E-state index contributed by atoms with van der Waals surface area (Å²) in [5.41, 5.74) is 0.524. The molecule has 2 fully saturated rings. The minimum absolute atomic E-state index is 0.213. The van der Waals surface area contributed by atoms with Crippen molar-refractivity contribution in [1.82, 2.24) is 19.0 Å². The molecule has 5 rings (SSSR count). The first-order chi connectivity index (χ1) is 15.0. The Morgan fingerprint density at radius 3 is 2.52 bits per heavy atom. The maximum absolute atomic E-state index is 13.6. The molecule has 1 saturated carbocycles. The first-order valence-electron chi connectivity index (χ1n) is 10.5. The Morgan fingerprint density at radius 1 is 1.10 bits per heavy atom. The summed E-state index contributed by atoms with van der Waals surface area (Å²) in [7, 11) is -3.74. The van der Waals surface area contributed by atoms with Crippen molar-refractivity contribution in [2.24, 2.45) is 0 Å². The van der Waals surface area contributed by atoms with Crippen LogP contribution in [0.4, 0.5) is 0 Å². The Kier molecular flexibility index (Phi) is 5.45. The molecule has 1 aliphatic heterocycles. The van der Waals surface area contributed by atoms with Crippen LogP contribution < -0.4 is 0 Å². The summed E-state index contributed by atoms with van der Waals surface area (Å²) in [4.78, 5) is 15.2. The summed E-state index contributed by atoms with van der Waals surface area (Å²) in [6.45, 7) is 1.13. The number of carbonyl (C=O) groups excluding carboxylic acids is 1. The molecule has 1 saturated heterocycles. The molecule has 3 aromatic rings. The highest BCUT2D eigenvalue weighted by Gasteiger charge is 2.35. The number of nitrogens with zero attached hydrogens (tertiary/aromatic N) is 4. The molecule has 0 aromatic carbocycles. The van der Waals surface area contributed by atoms with Crippen molar-refractivity contribution in [2.45, 2.75) is 36.6 Å². The monoisotopic (exact) mass is 460 g/mol. The van der Waals surface area contributed by atoms with Crippen molar-refractivity contribution in [3.05, 3.63) is 47.9 Å². The van der Waals surface area contributed by atoms with E-state index in [1.165, 1.54) is 21.9 Å². The molecule has 164 valence electrons. The van der Waals surface area contributed by atoms with Crippen LogP contribution in [-0.2, 0) is 10.0 Å². The van der Waals surface area contributed by atoms with Crippen molar-refractivity contribution in [3.63, 3.8) is 0 Å². The van der Waals surface area contributed by atoms with Crippen molar-refractivity contribution < 1.29 is 17.6 Å². The van der Waals surface area contributed by atoms with Crippen LogP contribution in [0.15, 0.2) is 51.4 Å². The fourth-order valence-electron chi connectivity index (χ4n) is 4.33. The fraction of sp³-hybridized carbons (Fsp3) is 0.429. The maximum Gasteiger partial charge on any atom is 0.289 e. The van der Waals surface area contributed by atoms with Gasteiger partial charge in [0.05, 0.1) is 17.2 Å². The van der Waals surface area contributed by atoms with Gasteiger partial charge in [0.2, 0.25) is 10.0 Å². The van der Waals surface area contributed by atoms with E-state index in [0.717, 1.165) is 30.6 Å². The molecule has 0 N–H and O–H groups in total. The van der Waals surface area contributed by atoms with Gasteiger partial charge in [-0.05, 0) is 36.4 Å². The number of hydrogen-bond donors (Lipinski definition) is 0. The van der Waals surface area contributed by atoms with Gasteiger partial charge in [0.1, 0.15) is 10.6 Å². The highest BCUT2D eigenvalue weighted by molar-refractivity contribution is 7.89. The third kappa shape index (κ3) is 3.83. The minimum atomic E-state index is -3.74. The molecule has 10 heteroatoms. The Labute approximate surface area is 185 Å². The van der Waals surface area contributed by atoms with E-state index in [0.29, 0.717) is 18.8 Å². The van der Waals surface area contributed by atoms with Gasteiger partial charge < -0.3 is 9.32 Å². The minimum Gasteiger partial charge on any atom is -0.459 e. The van der Waals surface area contributed by atoms with E-state index >= 15 is 0 Å². The van der Waals surface area contributed by atoms with E-state index in [1.807, 2.05) is 22.2 Å². The quantitative estimate of drug-likeness (QED) is 0.582. The van der Waals surface area contributed by atoms with E-state index in [9.17, 15) is 13.2 Å². The SMILES string of the molecule is O=C(c1ccco1)N1CCN(S(=O)(=O)c2cn(C3CCCC3)nc2-c2cccs2)CC1. The number of carbonyl (C=O) groups is 1. The predicted molar refractivity (Wildman–Crippen MR) is 116 cm³/mol. The van der Waals surface area contributed by atoms with Gasteiger partial charge in [0.15, 0.2) is 5.76 Å². The van der Waals surface area contributed by atoms with Crippen LogP contribution in [0, 0.1) is 0 Å². The Morgan fingerprint density at radius 2 is 1.87 bits per heavy atom. The van der Waals surface area contributed by atoms with Gasteiger partial charge in [0.25, 0.3) is 5.91 Å². The van der Waals surface area contributed by atoms with Gasteiger partial charge in [-0.3, -0.25) is 9.48 Å². The van der Waals surface area contributed by atoms with E-state index in [4.69, 9.17) is 9.52 Å². The van der Waals surface area contributed by atoms with Crippen LogP contribution in [0.1, 0.15) is 42.3 Å². The van der Waals surface area contributed by atoms with Crippen LogP contribution in [0.25, 0.3) is 10.6 Å². The van der Waals surface area contributed by atoms with E-state index in [-0.39, 0.29) is 35.7 Å². The lowest BCUT2D eigenvalue weighted by Gasteiger charge is -2.33. The number of amides is 1. The van der Waals surface area contributed by atoms with E-state index in [1.54, 1.807) is 23.2 Å². The Balaban J connectivity index is 1.40. The normalized spacial score (nSPS) is 18.6. The van der Waals surface area contributed by atoms with Gasteiger partial charge in [-0.25, -0.2) is 8.42 Å². The number of hydrogen-bond acceptors (Lipinski definition) is 6. The number of sulfonamides is 1. The van der Waals surface area contributed by atoms with Crippen molar-refractivity contribution in [1.29, 1.82) is 0 Å². The first-order valence-corrected chi connectivity index (χ1v) is 12.8. The third-order valence-corrected chi connectivity index (χ3v) is 8.80. The summed E-state index contributed by atoms with van der Waals surface area (Å²) in [6.07, 6.45) is 7.51. The molecule has 0 bridgehead atoms. The average molecular weight is 461 g/mol. The van der Waals surface area contributed by atoms with Gasteiger partial charge in [-0.15, -0.1) is 11.3 Å². The van der Waals surface area contributed by atoms with Gasteiger partial charge >= 0.3 is 0 Å². The van der Waals surface area contributed by atoms with Crippen LogP contribution >= 0.6 is 11.3 Å². The molecule has 0 spiro atoms. The molecule has 0 unspecified atom stereocenters. The lowest BCUT2D eigenvalue weighted by atomic mass is 10.3. The van der Waals surface area contributed by atoms with Crippen LogP contribution in [0.2, 0.25) is 0 Å². The highest BCUT2D eigenvalue weighted by Crippen LogP contribution is 2.36. The molecule has 4 heterocycles. The lowest BCUT2D eigenvalue weighted by molar-refractivity contribution is 0.0666. The molecular formula is C21H24N4O4S2. The molecule has 8 nitrogen and oxygen atoms in total. The zero-order valence-electron chi connectivity index (χ0n) is 17.0. The topological polar surface area (TPSA) is 88.7 Å². The van der Waals surface area contributed by atoms with E-state index in [2.05, 4.69) is 0 Å². The standard InChI is InChI=1S/C21H24N4O4S2/c26-21(17-7-3-13-29-17)23-9-11-24(12-10-23)31(27,28)19-15-25(16-5-1-2-6-16)22-20(19)18-8-4-14-30-18/h3-4,7-8,13-16H,1-2,5-6,9-12H2. The number of furan rings is 1. The van der Waals surface area contributed by atoms with Crippen molar-refractivity contribution in [3.8, 4) is 10.6 Å². The zero-order chi connectivity index (χ0) is 21.4. The lowest BCUT2D eigenvalue weighted by Crippen LogP contribution is -2.50. The second-order valence-corrected chi connectivity index (χ2v) is 10.8. The largest absolute Gasteiger partial charge is 0.459 e. The Bertz CT molecular complexity index is 1140. The summed E-state index contributed by atoms with van der Waals surface area (Å²) in [5.74, 6) is 0.0597. The number of aromatic nitrogens is 2. The van der Waals surface area contributed by atoms with Crippen LogP contribution in [0.5, 0.6) is 0 Å². The summed E-state index contributed by atoms with van der Waals surface area (Å²) >= 11 is 1.49. The fourth-order valence-corrected chi connectivity index (χ4v) is 6.68. The number of thiophene rings is 1. The van der Waals surface area contributed by atoms with Crippen LogP contribution in [0.3, 0.4) is 0 Å². The maximum atomic E-state index is 13.6. The molecule has 0 radical (unpaired) electrons. The Hall–Kier alpha value is -2.43. The smallest absolute Gasteiger partial charge is 0.289 e. The molecule has 31 heavy (non-hydrogen) atoms. The van der Waals surface area contributed by atoms with E-state index < -0.39 is 10.0 Å².